The normalized spacial score (nSPS) is 12.9. The van der Waals surface area contributed by atoms with Gasteiger partial charge in [-0.05, 0) is 36.5 Å². The molecule has 0 N–H and O–H groups in total. The van der Waals surface area contributed by atoms with E-state index in [1.165, 1.54) is 54.4 Å². The molecule has 0 aliphatic carbocycles. The molecular formula is C13H28S3. The zero-order chi connectivity index (χ0) is 12.1. The fourth-order valence-corrected chi connectivity index (χ4v) is 5.19. The standard InChI is InChI=1S/C13H28S3/c1-4-7-10-15-12-13(16-9-6-3)11-14-8-5-2/h13H,4-12H2,1-3H3. The lowest BCUT2D eigenvalue weighted by Crippen LogP contribution is -2.11. The second-order valence-electron chi connectivity index (χ2n) is 4.00. The van der Waals surface area contributed by atoms with Gasteiger partial charge in [0, 0.05) is 16.8 Å². The maximum absolute atomic E-state index is 2.29. The number of hydrogen-bond acceptors (Lipinski definition) is 3. The molecule has 98 valence electrons. The van der Waals surface area contributed by atoms with Crippen molar-refractivity contribution in [1.82, 2.24) is 0 Å². The zero-order valence-corrected chi connectivity index (χ0v) is 13.6. The maximum Gasteiger partial charge on any atom is 0.0228 e. The Morgan fingerprint density at radius 1 is 0.750 bits per heavy atom. The van der Waals surface area contributed by atoms with Crippen molar-refractivity contribution >= 4 is 35.3 Å². The maximum atomic E-state index is 2.29. The van der Waals surface area contributed by atoms with Gasteiger partial charge in [-0.3, -0.25) is 0 Å². The third kappa shape index (κ3) is 11.5. The minimum atomic E-state index is 0.887. The average molecular weight is 281 g/mol. The molecule has 0 aliphatic heterocycles. The molecule has 0 aromatic carbocycles. The van der Waals surface area contributed by atoms with Crippen LogP contribution < -0.4 is 0 Å². The molecule has 0 heterocycles. The Labute approximate surface area is 115 Å². The summed E-state index contributed by atoms with van der Waals surface area (Å²) in [6.07, 6.45) is 5.36. The quantitative estimate of drug-likeness (QED) is 0.452. The second-order valence-corrected chi connectivity index (χ2v) is 7.70. The number of hydrogen-bond donors (Lipinski definition) is 0. The summed E-state index contributed by atoms with van der Waals surface area (Å²) in [6.45, 7) is 6.84. The molecule has 0 aromatic rings. The van der Waals surface area contributed by atoms with Gasteiger partial charge in [0.2, 0.25) is 0 Å². The molecule has 0 saturated carbocycles. The molecule has 3 heteroatoms. The lowest BCUT2D eigenvalue weighted by atomic mass is 10.4. The Morgan fingerprint density at radius 3 is 1.94 bits per heavy atom. The molecule has 0 spiro atoms. The highest BCUT2D eigenvalue weighted by atomic mass is 32.2. The van der Waals surface area contributed by atoms with Gasteiger partial charge in [0.05, 0.1) is 0 Å². The lowest BCUT2D eigenvalue weighted by molar-refractivity contribution is 0.895. The van der Waals surface area contributed by atoms with E-state index in [0.717, 1.165) is 5.25 Å². The van der Waals surface area contributed by atoms with Crippen LogP contribution in [0.1, 0.15) is 46.5 Å². The Hall–Kier alpha value is 1.05. The molecule has 0 amide bonds. The summed E-state index contributed by atoms with van der Waals surface area (Å²) in [7, 11) is 0. The predicted molar refractivity (Wildman–Crippen MR) is 86.4 cm³/mol. The van der Waals surface area contributed by atoms with Gasteiger partial charge >= 0.3 is 0 Å². The monoisotopic (exact) mass is 280 g/mol. The largest absolute Gasteiger partial charge is 0.161 e. The van der Waals surface area contributed by atoms with Crippen molar-refractivity contribution in [3.8, 4) is 0 Å². The smallest absolute Gasteiger partial charge is 0.0228 e. The number of rotatable bonds is 12. The minimum absolute atomic E-state index is 0.887. The van der Waals surface area contributed by atoms with Gasteiger partial charge in [0.15, 0.2) is 0 Å². The first kappa shape index (κ1) is 17.1. The van der Waals surface area contributed by atoms with Gasteiger partial charge < -0.3 is 0 Å². The van der Waals surface area contributed by atoms with Crippen LogP contribution in [0.3, 0.4) is 0 Å². The van der Waals surface area contributed by atoms with E-state index >= 15 is 0 Å². The van der Waals surface area contributed by atoms with Crippen molar-refractivity contribution in [3.63, 3.8) is 0 Å². The lowest BCUT2D eigenvalue weighted by Gasteiger charge is -2.15. The molecule has 1 atom stereocenters. The topological polar surface area (TPSA) is 0 Å². The predicted octanol–water partition coefficient (Wildman–Crippen LogP) is 5.17. The molecule has 1 unspecified atom stereocenters. The second kappa shape index (κ2) is 14.1. The Bertz CT molecular complexity index is 128. The van der Waals surface area contributed by atoms with Gasteiger partial charge in [0.1, 0.15) is 0 Å². The third-order valence-corrected chi connectivity index (χ3v) is 6.58. The zero-order valence-electron chi connectivity index (χ0n) is 11.2. The van der Waals surface area contributed by atoms with Crippen LogP contribution in [0.2, 0.25) is 0 Å². The van der Waals surface area contributed by atoms with Gasteiger partial charge in [-0.1, -0.05) is 27.2 Å². The summed E-state index contributed by atoms with van der Waals surface area (Å²) in [5.41, 5.74) is 0. The van der Waals surface area contributed by atoms with Gasteiger partial charge in [-0.2, -0.15) is 35.3 Å². The van der Waals surface area contributed by atoms with E-state index in [-0.39, 0.29) is 0 Å². The van der Waals surface area contributed by atoms with Crippen LogP contribution in [-0.2, 0) is 0 Å². The SMILES string of the molecule is CCCCSCC(CSCCC)SCCC. The van der Waals surface area contributed by atoms with E-state index in [1.54, 1.807) is 0 Å². The van der Waals surface area contributed by atoms with Crippen molar-refractivity contribution in [3.05, 3.63) is 0 Å². The molecule has 0 bridgehead atoms. The molecule has 0 saturated heterocycles. The molecule has 0 fully saturated rings. The highest BCUT2D eigenvalue weighted by Crippen LogP contribution is 2.22. The fourth-order valence-electron chi connectivity index (χ4n) is 1.25. The van der Waals surface area contributed by atoms with Crippen LogP contribution in [0.5, 0.6) is 0 Å². The fraction of sp³-hybridized carbons (Fsp3) is 1.00. The number of unbranched alkanes of at least 4 members (excludes halogenated alkanes) is 1. The molecule has 16 heavy (non-hydrogen) atoms. The van der Waals surface area contributed by atoms with Crippen LogP contribution in [0.25, 0.3) is 0 Å². The van der Waals surface area contributed by atoms with Crippen molar-refractivity contribution in [2.45, 2.75) is 51.7 Å². The Kier molecular flexibility index (Phi) is 15.0. The highest BCUT2D eigenvalue weighted by molar-refractivity contribution is 8.05. The van der Waals surface area contributed by atoms with Crippen molar-refractivity contribution in [2.24, 2.45) is 0 Å². The van der Waals surface area contributed by atoms with Gasteiger partial charge in [0.25, 0.3) is 0 Å². The van der Waals surface area contributed by atoms with Crippen LogP contribution >= 0.6 is 35.3 Å². The third-order valence-electron chi connectivity index (χ3n) is 2.16. The summed E-state index contributed by atoms with van der Waals surface area (Å²) < 4.78 is 0. The average Bonchev–Trinajstić information content (AvgIpc) is 2.31. The minimum Gasteiger partial charge on any atom is -0.161 e. The van der Waals surface area contributed by atoms with Crippen LogP contribution in [0, 0.1) is 0 Å². The molecule has 0 aromatic heterocycles. The van der Waals surface area contributed by atoms with Crippen molar-refractivity contribution < 1.29 is 0 Å². The molecule has 0 rings (SSSR count). The summed E-state index contributed by atoms with van der Waals surface area (Å²) >= 11 is 6.49. The van der Waals surface area contributed by atoms with Crippen molar-refractivity contribution in [2.75, 3.05) is 28.8 Å². The first-order chi connectivity index (χ1) is 7.85. The van der Waals surface area contributed by atoms with E-state index < -0.39 is 0 Å². The van der Waals surface area contributed by atoms with E-state index in [9.17, 15) is 0 Å². The summed E-state index contributed by atoms with van der Waals surface area (Å²) in [4.78, 5) is 0. The first-order valence-corrected chi connectivity index (χ1v) is 9.98. The van der Waals surface area contributed by atoms with Gasteiger partial charge in [-0.25, -0.2) is 0 Å². The highest BCUT2D eigenvalue weighted by Gasteiger charge is 2.08. The van der Waals surface area contributed by atoms with E-state index in [2.05, 4.69) is 56.1 Å². The summed E-state index contributed by atoms with van der Waals surface area (Å²) in [5, 5.41) is 0.887. The first-order valence-electron chi connectivity index (χ1n) is 6.62. The molecule has 0 radical (unpaired) electrons. The van der Waals surface area contributed by atoms with Crippen LogP contribution in [0.15, 0.2) is 0 Å². The summed E-state index contributed by atoms with van der Waals surface area (Å²) in [6, 6.07) is 0. The Balaban J connectivity index is 3.54. The van der Waals surface area contributed by atoms with Crippen molar-refractivity contribution in [1.29, 1.82) is 0 Å². The summed E-state index contributed by atoms with van der Waals surface area (Å²) in [5.74, 6) is 6.76. The van der Waals surface area contributed by atoms with Crippen LogP contribution in [-0.4, -0.2) is 34.0 Å². The molecular weight excluding hydrogens is 252 g/mol. The van der Waals surface area contributed by atoms with E-state index in [1.807, 2.05) is 0 Å². The molecule has 0 aliphatic rings. The van der Waals surface area contributed by atoms with Crippen LogP contribution in [0.4, 0.5) is 0 Å². The van der Waals surface area contributed by atoms with E-state index in [4.69, 9.17) is 0 Å². The van der Waals surface area contributed by atoms with Gasteiger partial charge in [-0.15, -0.1) is 0 Å². The van der Waals surface area contributed by atoms with E-state index in [0.29, 0.717) is 0 Å². The Morgan fingerprint density at radius 2 is 1.38 bits per heavy atom. The molecule has 0 nitrogen and oxygen atoms in total. The number of thioether (sulfide) groups is 3.